The molecule has 5 amide bonds. The van der Waals surface area contributed by atoms with Gasteiger partial charge in [-0.15, -0.1) is 0 Å². The summed E-state index contributed by atoms with van der Waals surface area (Å²) in [6, 6.07) is 7.42. The van der Waals surface area contributed by atoms with Crippen molar-refractivity contribution in [3.63, 3.8) is 0 Å². The van der Waals surface area contributed by atoms with E-state index in [2.05, 4.69) is 26.5 Å². The van der Waals surface area contributed by atoms with E-state index in [0.29, 0.717) is 31.9 Å². The van der Waals surface area contributed by atoms with Gasteiger partial charge in [-0.1, -0.05) is 51.1 Å². The van der Waals surface area contributed by atoms with Crippen LogP contribution in [0.3, 0.4) is 0 Å². The third kappa shape index (κ3) is 10.3. The van der Waals surface area contributed by atoms with Gasteiger partial charge in [-0.25, -0.2) is 10.2 Å². The van der Waals surface area contributed by atoms with Gasteiger partial charge in [0.1, 0.15) is 6.04 Å². The van der Waals surface area contributed by atoms with Gasteiger partial charge >= 0.3 is 6.03 Å². The van der Waals surface area contributed by atoms with Crippen LogP contribution >= 0.6 is 0 Å². The molecule has 1 aliphatic carbocycles. The maximum Gasteiger partial charge on any atom is 0.335 e. The van der Waals surface area contributed by atoms with Gasteiger partial charge in [-0.3, -0.25) is 14.4 Å². The molecule has 0 radical (unpaired) electrons. The molecule has 4 atom stereocenters. The summed E-state index contributed by atoms with van der Waals surface area (Å²) in [5.41, 5.74) is 9.66. The lowest BCUT2D eigenvalue weighted by molar-refractivity contribution is -0.140. The maximum atomic E-state index is 13.4. The molecule has 1 aromatic carbocycles. The number of hydrogen-bond acceptors (Lipinski definition) is 7. The fraction of sp³-hybridized carbons (Fsp3) is 0.645. The second-order valence-corrected chi connectivity index (χ2v) is 11.9. The second kappa shape index (κ2) is 17.0. The number of carbonyl (C=O) groups excluding carboxylic acids is 4. The van der Waals surface area contributed by atoms with Crippen LogP contribution in [0.1, 0.15) is 64.9 Å². The van der Waals surface area contributed by atoms with E-state index in [-0.39, 0.29) is 42.2 Å². The van der Waals surface area contributed by atoms with Gasteiger partial charge in [0.15, 0.2) is 0 Å². The lowest BCUT2D eigenvalue weighted by Crippen LogP contribution is -2.54. The number of rotatable bonds is 13. The number of urea groups is 1. The van der Waals surface area contributed by atoms with Gasteiger partial charge in [0.25, 0.3) is 0 Å². The highest BCUT2D eigenvalue weighted by Crippen LogP contribution is 2.28. The largest absolute Gasteiger partial charge is 0.372 e. The lowest BCUT2D eigenvalue weighted by Gasteiger charge is -2.28. The van der Waals surface area contributed by atoms with E-state index in [0.717, 1.165) is 31.2 Å². The molecular formula is C31H49N7O5. The first-order valence-corrected chi connectivity index (χ1v) is 15.4. The summed E-state index contributed by atoms with van der Waals surface area (Å²) in [6.45, 7) is 6.82. The second-order valence-electron chi connectivity index (χ2n) is 11.9. The third-order valence-electron chi connectivity index (χ3n) is 8.38. The molecule has 2 aliphatic rings. The summed E-state index contributed by atoms with van der Waals surface area (Å²) in [4.78, 5) is 52.3. The molecule has 1 saturated heterocycles. The number of amides is 5. The van der Waals surface area contributed by atoms with Gasteiger partial charge in [-0.2, -0.15) is 5.10 Å². The van der Waals surface area contributed by atoms with E-state index in [1.54, 1.807) is 7.05 Å². The molecular weight excluding hydrogens is 550 g/mol. The summed E-state index contributed by atoms with van der Waals surface area (Å²) in [5.74, 6) is -0.215. The number of nitrogens with zero attached hydrogens (tertiary/aromatic N) is 2. The minimum absolute atomic E-state index is 0.0509. The van der Waals surface area contributed by atoms with Crippen LogP contribution < -0.4 is 27.1 Å². The Kier molecular flexibility index (Phi) is 13.4. The van der Waals surface area contributed by atoms with Gasteiger partial charge in [0.2, 0.25) is 17.7 Å². The number of hydrazone groups is 1. The van der Waals surface area contributed by atoms with E-state index in [1.807, 2.05) is 51.1 Å². The third-order valence-corrected chi connectivity index (χ3v) is 8.38. The highest BCUT2D eigenvalue weighted by atomic mass is 16.5. The molecule has 43 heavy (non-hydrogen) atoms. The topological polar surface area (TPSA) is 167 Å². The van der Waals surface area contributed by atoms with Crippen molar-refractivity contribution in [1.82, 2.24) is 26.3 Å². The first-order valence-electron chi connectivity index (χ1n) is 15.4. The van der Waals surface area contributed by atoms with Crippen LogP contribution in [0.4, 0.5) is 4.79 Å². The molecule has 0 spiro atoms. The summed E-state index contributed by atoms with van der Waals surface area (Å²) in [7, 11) is 1.65. The maximum absolute atomic E-state index is 13.4. The Balaban J connectivity index is 1.50. The van der Waals surface area contributed by atoms with E-state index in [1.165, 1.54) is 11.1 Å². The van der Waals surface area contributed by atoms with Crippen molar-refractivity contribution < 1.29 is 23.9 Å². The van der Waals surface area contributed by atoms with Crippen LogP contribution in [0.5, 0.6) is 0 Å². The number of nitrogens with two attached hydrogens (primary N) is 1. The summed E-state index contributed by atoms with van der Waals surface area (Å²) in [6.07, 6.45) is 5.46. The van der Waals surface area contributed by atoms with E-state index < -0.39 is 24.2 Å². The highest BCUT2D eigenvalue weighted by Gasteiger charge is 2.42. The first kappa shape index (κ1) is 34.0. The molecule has 12 heteroatoms. The van der Waals surface area contributed by atoms with Crippen LogP contribution in [-0.4, -0.2) is 79.2 Å². The van der Waals surface area contributed by atoms with Crippen LogP contribution in [0.25, 0.3) is 0 Å². The predicted octanol–water partition coefficient (Wildman–Crippen LogP) is 1.89. The van der Waals surface area contributed by atoms with Crippen LogP contribution in [0.2, 0.25) is 0 Å². The van der Waals surface area contributed by atoms with Crippen LogP contribution in [-0.2, 0) is 25.7 Å². The average molecular weight is 600 g/mol. The molecule has 2 fully saturated rings. The summed E-state index contributed by atoms with van der Waals surface area (Å²) >= 11 is 0. The van der Waals surface area contributed by atoms with Crippen molar-refractivity contribution in [2.75, 3.05) is 20.1 Å². The van der Waals surface area contributed by atoms with E-state index in [4.69, 9.17) is 10.5 Å². The van der Waals surface area contributed by atoms with E-state index in [9.17, 15) is 19.2 Å². The molecule has 12 nitrogen and oxygen atoms in total. The Labute approximate surface area is 254 Å². The van der Waals surface area contributed by atoms with Crippen molar-refractivity contribution in [2.24, 2.45) is 28.6 Å². The van der Waals surface area contributed by atoms with Crippen LogP contribution in [0, 0.1) is 17.8 Å². The molecule has 0 unspecified atom stereocenters. The molecule has 0 aromatic heterocycles. The molecule has 1 aliphatic heterocycles. The first-order chi connectivity index (χ1) is 20.6. The van der Waals surface area contributed by atoms with Crippen molar-refractivity contribution in [1.29, 1.82) is 0 Å². The van der Waals surface area contributed by atoms with E-state index >= 15 is 0 Å². The van der Waals surface area contributed by atoms with Crippen molar-refractivity contribution >= 4 is 30.0 Å². The normalized spacial score (nSPS) is 23.5. The molecule has 6 N–H and O–H groups in total. The van der Waals surface area contributed by atoms with Crippen LogP contribution in [0.15, 0.2) is 35.4 Å². The molecule has 1 saturated carbocycles. The molecule has 238 valence electrons. The fourth-order valence-corrected chi connectivity index (χ4v) is 5.49. The molecule has 3 rings (SSSR count). The van der Waals surface area contributed by atoms with Crippen molar-refractivity contribution in [2.45, 2.75) is 90.1 Å². The number of likely N-dealkylation sites (tertiary alicyclic amines) is 1. The average Bonchev–Trinajstić information content (AvgIpc) is 3.46. The lowest BCUT2D eigenvalue weighted by atomic mass is 9.81. The smallest absolute Gasteiger partial charge is 0.335 e. The standard InChI is InChI=1S/C31H49N7O5/c1-5-24(17-35-37-31(42)34-16-21-11-13-23(14-12-21)28(39)33-4)36-29(40)26-15-25(43-19-22-9-7-6-8-10-22)18-38(26)30(41)27(32)20(2)3/h6-10,17,20-21,23-27H,5,11-16,18-19,32H2,1-4H3,(H,33,39)(H,36,40)(H2,34,37,42)/b35-17+/t21?,23?,24-,25+,26-,27-/m0/s1. The number of hydrogen-bond donors (Lipinski definition) is 5. The Bertz CT molecular complexity index is 1090. The van der Waals surface area contributed by atoms with Gasteiger partial charge < -0.3 is 31.3 Å². The van der Waals surface area contributed by atoms with Crippen molar-refractivity contribution in [3.8, 4) is 0 Å². The quantitative estimate of drug-likeness (QED) is 0.171. The molecule has 1 heterocycles. The molecule has 0 bridgehead atoms. The fourth-order valence-electron chi connectivity index (χ4n) is 5.49. The Morgan fingerprint density at radius 3 is 2.42 bits per heavy atom. The molecule has 1 aromatic rings. The van der Waals surface area contributed by atoms with Gasteiger partial charge in [-0.05, 0) is 49.5 Å². The zero-order valence-electron chi connectivity index (χ0n) is 25.9. The Hall–Kier alpha value is -3.51. The van der Waals surface area contributed by atoms with Crippen molar-refractivity contribution in [3.05, 3.63) is 35.9 Å². The Morgan fingerprint density at radius 2 is 1.79 bits per heavy atom. The zero-order valence-corrected chi connectivity index (χ0v) is 25.9. The Morgan fingerprint density at radius 1 is 1.09 bits per heavy atom. The monoisotopic (exact) mass is 599 g/mol. The van der Waals surface area contributed by atoms with Gasteiger partial charge in [0, 0.05) is 38.7 Å². The number of nitrogens with one attached hydrogen (secondary N) is 4. The summed E-state index contributed by atoms with van der Waals surface area (Å²) < 4.78 is 6.09. The summed E-state index contributed by atoms with van der Waals surface area (Å²) in [5, 5.41) is 12.5. The zero-order chi connectivity index (χ0) is 31.4. The van der Waals surface area contributed by atoms with Gasteiger partial charge in [0.05, 0.1) is 24.8 Å². The number of ether oxygens (including phenoxy) is 1. The highest BCUT2D eigenvalue weighted by molar-refractivity contribution is 5.92. The SMILES string of the molecule is CC[C@@H](/C=N/NC(=O)NCC1CCC(C(=O)NC)CC1)NC(=O)[C@@H]1C[C@@H](OCc2ccccc2)CN1C(=O)[C@@H](N)C(C)C. The predicted molar refractivity (Wildman–Crippen MR) is 165 cm³/mol. The number of carbonyl (C=O) groups is 4. The number of benzene rings is 1. The minimum Gasteiger partial charge on any atom is -0.372 e. The minimum atomic E-state index is -0.727.